The number of nitrogens with zero attached hydrogens (tertiary/aromatic N) is 1. The Labute approximate surface area is 139 Å². The van der Waals surface area contributed by atoms with Gasteiger partial charge in [-0.15, -0.1) is 0 Å². The lowest BCUT2D eigenvalue weighted by Crippen LogP contribution is -2.51. The van der Waals surface area contributed by atoms with Gasteiger partial charge in [0.05, 0.1) is 6.04 Å². The van der Waals surface area contributed by atoms with Crippen LogP contribution in [0.2, 0.25) is 0 Å². The number of carbonyl (C=O) groups is 1. The molecule has 0 aromatic heterocycles. The van der Waals surface area contributed by atoms with Crippen LogP contribution < -0.4 is 5.32 Å². The second kappa shape index (κ2) is 5.60. The molecule has 120 valence electrons. The van der Waals surface area contributed by atoms with Crippen LogP contribution in [0, 0.1) is 11.7 Å². The van der Waals surface area contributed by atoms with Crippen LogP contribution >= 0.6 is 15.9 Å². The zero-order valence-electron chi connectivity index (χ0n) is 13.2. The molecule has 1 aliphatic carbocycles. The molecule has 1 atom stereocenters. The lowest BCUT2D eigenvalue weighted by molar-refractivity contribution is -0.127. The van der Waals surface area contributed by atoms with Crippen LogP contribution in [0.25, 0.3) is 0 Å². The number of nitrogens with one attached hydrogen (secondary N) is 1. The van der Waals surface area contributed by atoms with Crippen LogP contribution in [0.15, 0.2) is 22.7 Å². The first-order valence-electron chi connectivity index (χ1n) is 7.77. The normalized spacial score (nSPS) is 27.6. The van der Waals surface area contributed by atoms with Crippen LogP contribution in [0.4, 0.5) is 4.39 Å². The number of hydrogen-bond acceptors (Lipinski definition) is 2. The molecule has 0 spiro atoms. The maximum Gasteiger partial charge on any atom is 0.237 e. The summed E-state index contributed by atoms with van der Waals surface area (Å²) < 4.78 is 14.1. The van der Waals surface area contributed by atoms with Gasteiger partial charge < -0.3 is 5.32 Å². The van der Waals surface area contributed by atoms with Crippen molar-refractivity contribution in [1.29, 1.82) is 0 Å². The third-order valence-corrected chi connectivity index (χ3v) is 5.18. The van der Waals surface area contributed by atoms with Gasteiger partial charge in [0, 0.05) is 22.6 Å². The number of amides is 1. The van der Waals surface area contributed by atoms with E-state index in [0.29, 0.717) is 23.0 Å². The van der Waals surface area contributed by atoms with E-state index in [1.54, 1.807) is 0 Å². The van der Waals surface area contributed by atoms with Crippen molar-refractivity contribution in [2.45, 2.75) is 57.8 Å². The van der Waals surface area contributed by atoms with E-state index < -0.39 is 0 Å². The van der Waals surface area contributed by atoms with Crippen LogP contribution in [0.3, 0.4) is 0 Å². The summed E-state index contributed by atoms with van der Waals surface area (Å²) in [6.45, 7) is 6.86. The summed E-state index contributed by atoms with van der Waals surface area (Å²) in [4.78, 5) is 15.0. The standard InChI is InChI=1S/C17H22BrFN2O/c1-17(2,3)21-14-6-11(7-14)15(21)16(22)20-9-10-4-12(18)8-13(19)5-10/h4-5,8,11,14-15H,6-7,9H2,1-3H3,(H,20,22). The first-order chi connectivity index (χ1) is 10.3. The molecular formula is C17H22BrFN2O. The summed E-state index contributed by atoms with van der Waals surface area (Å²) in [7, 11) is 0. The van der Waals surface area contributed by atoms with Crippen LogP contribution in [-0.2, 0) is 11.3 Å². The Balaban J connectivity index is 1.67. The van der Waals surface area contributed by atoms with Gasteiger partial charge in [0.25, 0.3) is 0 Å². The van der Waals surface area contributed by atoms with E-state index in [1.165, 1.54) is 12.1 Å². The van der Waals surface area contributed by atoms with Gasteiger partial charge in [-0.1, -0.05) is 15.9 Å². The zero-order valence-corrected chi connectivity index (χ0v) is 14.8. The van der Waals surface area contributed by atoms with E-state index in [9.17, 15) is 9.18 Å². The number of rotatable bonds is 3. The fourth-order valence-corrected chi connectivity index (χ4v) is 4.39. The average Bonchev–Trinajstić information content (AvgIpc) is 2.89. The summed E-state index contributed by atoms with van der Waals surface area (Å²) in [5, 5.41) is 2.99. The highest BCUT2D eigenvalue weighted by atomic mass is 79.9. The highest BCUT2D eigenvalue weighted by molar-refractivity contribution is 9.10. The van der Waals surface area contributed by atoms with Gasteiger partial charge in [-0.05, 0) is 63.3 Å². The predicted octanol–water partition coefficient (Wildman–Crippen LogP) is 3.47. The summed E-state index contributed by atoms with van der Waals surface area (Å²) in [5.74, 6) is 0.252. The first-order valence-corrected chi connectivity index (χ1v) is 8.56. The number of carbonyl (C=O) groups excluding carboxylic acids is 1. The second-order valence-electron chi connectivity index (χ2n) is 7.40. The predicted molar refractivity (Wildman–Crippen MR) is 87.8 cm³/mol. The van der Waals surface area contributed by atoms with Gasteiger partial charge in [0.2, 0.25) is 5.91 Å². The molecule has 1 N–H and O–H groups in total. The third kappa shape index (κ3) is 2.93. The fraction of sp³-hybridized carbons (Fsp3) is 0.588. The van der Waals surface area contributed by atoms with E-state index in [1.807, 2.05) is 6.07 Å². The molecule has 22 heavy (non-hydrogen) atoms. The van der Waals surface area contributed by atoms with Gasteiger partial charge in [-0.2, -0.15) is 0 Å². The molecule has 1 saturated carbocycles. The summed E-state index contributed by atoms with van der Waals surface area (Å²) in [5.41, 5.74) is 0.771. The quantitative estimate of drug-likeness (QED) is 0.885. The maximum absolute atomic E-state index is 13.4. The molecule has 1 aromatic carbocycles. The molecule has 3 nitrogen and oxygen atoms in total. The van der Waals surface area contributed by atoms with Crippen LogP contribution in [-0.4, -0.2) is 28.4 Å². The molecule has 3 aliphatic rings. The van der Waals surface area contributed by atoms with Crippen molar-refractivity contribution in [3.63, 3.8) is 0 Å². The Morgan fingerprint density at radius 3 is 2.64 bits per heavy atom. The molecular weight excluding hydrogens is 347 g/mol. The Hall–Kier alpha value is -0.940. The minimum Gasteiger partial charge on any atom is -0.351 e. The molecule has 2 aliphatic heterocycles. The van der Waals surface area contributed by atoms with Crippen molar-refractivity contribution in [1.82, 2.24) is 10.2 Å². The van der Waals surface area contributed by atoms with Crippen LogP contribution in [0.1, 0.15) is 39.2 Å². The minimum atomic E-state index is -0.293. The highest BCUT2D eigenvalue weighted by Crippen LogP contribution is 2.49. The van der Waals surface area contributed by atoms with E-state index in [0.717, 1.165) is 18.4 Å². The van der Waals surface area contributed by atoms with E-state index in [4.69, 9.17) is 0 Å². The van der Waals surface area contributed by atoms with Crippen molar-refractivity contribution in [3.05, 3.63) is 34.1 Å². The van der Waals surface area contributed by atoms with E-state index >= 15 is 0 Å². The average molecular weight is 369 g/mol. The molecule has 0 radical (unpaired) electrons. The summed E-state index contributed by atoms with van der Waals surface area (Å²) >= 11 is 3.28. The Morgan fingerprint density at radius 2 is 2.05 bits per heavy atom. The molecule has 1 unspecified atom stereocenters. The monoisotopic (exact) mass is 368 g/mol. The van der Waals surface area contributed by atoms with Crippen molar-refractivity contribution in [2.75, 3.05) is 0 Å². The maximum atomic E-state index is 13.4. The second-order valence-corrected chi connectivity index (χ2v) is 8.32. The molecule has 1 amide bonds. The molecule has 2 bridgehead atoms. The fourth-order valence-electron chi connectivity index (χ4n) is 3.88. The number of benzene rings is 1. The van der Waals surface area contributed by atoms with Crippen molar-refractivity contribution >= 4 is 21.8 Å². The van der Waals surface area contributed by atoms with Gasteiger partial charge in [-0.25, -0.2) is 4.39 Å². The van der Waals surface area contributed by atoms with Crippen molar-refractivity contribution < 1.29 is 9.18 Å². The molecule has 5 heteroatoms. The minimum absolute atomic E-state index is 0.000192. The topological polar surface area (TPSA) is 32.3 Å². The Bertz CT molecular complexity index is 573. The molecule has 2 heterocycles. The van der Waals surface area contributed by atoms with Gasteiger partial charge in [0.15, 0.2) is 0 Å². The SMILES string of the molecule is CC(C)(C)N1C2CC(C2)C1C(=O)NCc1cc(F)cc(Br)c1. The highest BCUT2D eigenvalue weighted by Gasteiger charge is 2.56. The number of fused-ring (bicyclic) bond motifs is 1. The zero-order chi connectivity index (χ0) is 16.1. The molecule has 1 aromatic rings. The number of halogens is 2. The van der Waals surface area contributed by atoms with Crippen molar-refractivity contribution in [3.8, 4) is 0 Å². The molecule has 3 fully saturated rings. The van der Waals surface area contributed by atoms with Gasteiger partial charge in [-0.3, -0.25) is 9.69 Å². The lowest BCUT2D eigenvalue weighted by atomic mass is 9.82. The van der Waals surface area contributed by atoms with E-state index in [-0.39, 0.29) is 23.3 Å². The summed E-state index contributed by atoms with van der Waals surface area (Å²) in [6.07, 6.45) is 2.25. The Kier molecular flexibility index (Phi) is 4.06. The largest absolute Gasteiger partial charge is 0.351 e. The molecule has 2 saturated heterocycles. The van der Waals surface area contributed by atoms with Crippen molar-refractivity contribution in [2.24, 2.45) is 5.92 Å². The third-order valence-electron chi connectivity index (χ3n) is 4.72. The van der Waals surface area contributed by atoms with E-state index in [2.05, 4.69) is 46.9 Å². The number of hydrogen-bond donors (Lipinski definition) is 1. The Morgan fingerprint density at radius 1 is 1.36 bits per heavy atom. The van der Waals surface area contributed by atoms with Gasteiger partial charge in [0.1, 0.15) is 5.82 Å². The summed E-state index contributed by atoms with van der Waals surface area (Å²) in [6, 6.07) is 5.21. The molecule has 4 rings (SSSR count). The van der Waals surface area contributed by atoms with Crippen LogP contribution in [0.5, 0.6) is 0 Å². The first kappa shape index (κ1) is 15.9. The smallest absolute Gasteiger partial charge is 0.237 e. The lowest BCUT2D eigenvalue weighted by Gasteiger charge is -2.37. The van der Waals surface area contributed by atoms with Gasteiger partial charge >= 0.3 is 0 Å².